The van der Waals surface area contributed by atoms with Gasteiger partial charge in [-0.2, -0.15) is 8.42 Å². The van der Waals surface area contributed by atoms with E-state index < -0.39 is 15.9 Å². The maximum Gasteiger partial charge on any atom is 0.339 e. The lowest BCUT2D eigenvalue weighted by Crippen LogP contribution is -2.21. The molecule has 0 unspecified atom stereocenters. The smallest absolute Gasteiger partial charge is 0.339 e. The molecule has 118 valence electrons. The van der Waals surface area contributed by atoms with Crippen molar-refractivity contribution in [3.63, 3.8) is 0 Å². The first kappa shape index (κ1) is 16.5. The van der Waals surface area contributed by atoms with Crippen LogP contribution in [0.25, 0.3) is 0 Å². The molecule has 0 heterocycles. The zero-order valence-corrected chi connectivity index (χ0v) is 13.2. The van der Waals surface area contributed by atoms with Crippen LogP contribution in [0, 0.1) is 5.82 Å². The topological polar surface area (TPSA) is 55.4 Å². The molecule has 0 atom stereocenters. The molecule has 0 saturated heterocycles. The summed E-state index contributed by atoms with van der Waals surface area (Å²) in [5, 5.41) is 3.27. The van der Waals surface area contributed by atoms with Gasteiger partial charge in [-0.3, -0.25) is 0 Å². The summed E-state index contributed by atoms with van der Waals surface area (Å²) in [4.78, 5) is -0.0838. The highest BCUT2D eigenvalue weighted by atomic mass is 32.2. The quantitative estimate of drug-likeness (QED) is 0.830. The largest absolute Gasteiger partial charge is 0.379 e. The minimum atomic E-state index is -3.95. The molecule has 0 aliphatic carbocycles. The average molecular weight is 323 g/mol. The summed E-state index contributed by atoms with van der Waals surface area (Å²) in [6.07, 6.45) is 0. The van der Waals surface area contributed by atoms with Crippen molar-refractivity contribution >= 4 is 10.1 Å². The van der Waals surface area contributed by atoms with E-state index in [1.54, 1.807) is 24.3 Å². The minimum absolute atomic E-state index is 0.0838. The Labute approximate surface area is 130 Å². The van der Waals surface area contributed by atoms with Gasteiger partial charge in [0.05, 0.1) is 0 Å². The number of rotatable bonds is 6. The van der Waals surface area contributed by atoms with Crippen molar-refractivity contribution in [3.8, 4) is 5.75 Å². The molecule has 0 spiro atoms. The van der Waals surface area contributed by atoms with Crippen molar-refractivity contribution in [1.29, 1.82) is 0 Å². The summed E-state index contributed by atoms with van der Waals surface area (Å²) in [5.74, 6) is -0.279. The van der Waals surface area contributed by atoms with Crippen molar-refractivity contribution in [1.82, 2.24) is 5.32 Å². The first-order chi connectivity index (χ1) is 10.4. The monoisotopic (exact) mass is 323 g/mol. The molecule has 0 amide bonds. The van der Waals surface area contributed by atoms with Crippen LogP contribution >= 0.6 is 0 Å². The molecule has 0 aliphatic heterocycles. The van der Waals surface area contributed by atoms with Crippen molar-refractivity contribution in [3.05, 3.63) is 59.9 Å². The number of benzene rings is 2. The van der Waals surface area contributed by atoms with Crippen LogP contribution in [0.2, 0.25) is 0 Å². The molecule has 1 N–H and O–H groups in total. The Bertz CT molecular complexity index is 710. The third-order valence-corrected chi connectivity index (χ3v) is 4.21. The van der Waals surface area contributed by atoms with Crippen LogP contribution < -0.4 is 9.50 Å². The molecule has 6 heteroatoms. The first-order valence-electron chi connectivity index (χ1n) is 6.89. The van der Waals surface area contributed by atoms with Gasteiger partial charge in [-0.25, -0.2) is 4.39 Å². The van der Waals surface area contributed by atoms with Gasteiger partial charge in [-0.05, 0) is 42.0 Å². The van der Waals surface area contributed by atoms with Gasteiger partial charge in [0.2, 0.25) is 0 Å². The Morgan fingerprint density at radius 1 is 1.05 bits per heavy atom. The molecule has 0 bridgehead atoms. The number of hydrogen-bond acceptors (Lipinski definition) is 4. The van der Waals surface area contributed by atoms with Gasteiger partial charge in [0.25, 0.3) is 0 Å². The Hall–Kier alpha value is -1.92. The second kappa shape index (κ2) is 6.89. The Kier molecular flexibility index (Phi) is 5.15. The lowest BCUT2D eigenvalue weighted by Gasteiger charge is -2.10. The van der Waals surface area contributed by atoms with Crippen molar-refractivity contribution in [2.75, 3.05) is 0 Å². The van der Waals surface area contributed by atoms with Crippen LogP contribution in [0.1, 0.15) is 19.4 Å². The van der Waals surface area contributed by atoms with E-state index in [-0.39, 0.29) is 10.6 Å². The van der Waals surface area contributed by atoms with Crippen LogP contribution in [-0.2, 0) is 16.7 Å². The Morgan fingerprint density at radius 2 is 1.64 bits per heavy atom. The van der Waals surface area contributed by atoms with E-state index >= 15 is 0 Å². The van der Waals surface area contributed by atoms with E-state index in [2.05, 4.69) is 5.32 Å². The molecule has 0 aliphatic rings. The zero-order valence-electron chi connectivity index (χ0n) is 12.4. The summed E-state index contributed by atoms with van der Waals surface area (Å²) in [6.45, 7) is 4.79. The van der Waals surface area contributed by atoms with Gasteiger partial charge in [-0.15, -0.1) is 0 Å². The average Bonchev–Trinajstić information content (AvgIpc) is 2.46. The second-order valence-corrected chi connectivity index (χ2v) is 6.72. The fraction of sp³-hybridized carbons (Fsp3) is 0.250. The predicted molar refractivity (Wildman–Crippen MR) is 82.6 cm³/mol. The van der Waals surface area contributed by atoms with Gasteiger partial charge in [0, 0.05) is 12.6 Å². The fourth-order valence-electron chi connectivity index (χ4n) is 1.76. The molecule has 4 nitrogen and oxygen atoms in total. The van der Waals surface area contributed by atoms with E-state index in [0.717, 1.165) is 17.7 Å². The molecule has 0 saturated carbocycles. The van der Waals surface area contributed by atoms with Crippen LogP contribution in [0.15, 0.2) is 53.4 Å². The SMILES string of the molecule is CC(C)NCc1ccc(OS(=O)(=O)c2ccc(F)cc2)cc1. The maximum absolute atomic E-state index is 12.8. The lowest BCUT2D eigenvalue weighted by atomic mass is 10.2. The molecule has 2 aromatic rings. The third-order valence-electron chi connectivity index (χ3n) is 2.95. The molecular formula is C16H18FNO3S. The van der Waals surface area contributed by atoms with E-state index in [4.69, 9.17) is 4.18 Å². The number of halogens is 1. The van der Waals surface area contributed by atoms with Gasteiger partial charge in [-0.1, -0.05) is 26.0 Å². The van der Waals surface area contributed by atoms with Gasteiger partial charge >= 0.3 is 10.1 Å². The number of hydrogen-bond donors (Lipinski definition) is 1. The summed E-state index contributed by atoms with van der Waals surface area (Å²) in [6, 6.07) is 11.7. The van der Waals surface area contributed by atoms with E-state index in [1.807, 2.05) is 13.8 Å². The van der Waals surface area contributed by atoms with Crippen molar-refractivity contribution in [2.24, 2.45) is 0 Å². The number of nitrogens with one attached hydrogen (secondary N) is 1. The summed E-state index contributed by atoms with van der Waals surface area (Å²) in [5.41, 5.74) is 1.03. The van der Waals surface area contributed by atoms with Crippen molar-refractivity contribution < 1.29 is 17.0 Å². The molecule has 0 radical (unpaired) electrons. The highest BCUT2D eigenvalue weighted by molar-refractivity contribution is 7.87. The Balaban J connectivity index is 2.08. The standard InChI is InChI=1S/C16H18FNO3S/c1-12(2)18-11-13-3-7-15(8-4-13)21-22(19,20)16-9-5-14(17)6-10-16/h3-10,12,18H,11H2,1-2H3. The molecular weight excluding hydrogens is 305 g/mol. The zero-order chi connectivity index (χ0) is 16.2. The summed E-state index contributed by atoms with van der Waals surface area (Å²) >= 11 is 0. The molecule has 0 fully saturated rings. The van der Waals surface area contributed by atoms with E-state index in [0.29, 0.717) is 12.6 Å². The summed E-state index contributed by atoms with van der Waals surface area (Å²) in [7, 11) is -3.95. The Morgan fingerprint density at radius 3 is 2.18 bits per heavy atom. The van der Waals surface area contributed by atoms with Crippen LogP contribution in [0.3, 0.4) is 0 Å². The summed E-state index contributed by atoms with van der Waals surface area (Å²) < 4.78 is 42.0. The minimum Gasteiger partial charge on any atom is -0.379 e. The highest BCUT2D eigenvalue weighted by Gasteiger charge is 2.16. The van der Waals surface area contributed by atoms with Crippen LogP contribution in [0.5, 0.6) is 5.75 Å². The predicted octanol–water partition coefficient (Wildman–Crippen LogP) is 3.09. The molecule has 2 rings (SSSR count). The van der Waals surface area contributed by atoms with Gasteiger partial charge < -0.3 is 9.50 Å². The third kappa shape index (κ3) is 4.54. The van der Waals surface area contributed by atoms with Gasteiger partial charge in [0.15, 0.2) is 0 Å². The van der Waals surface area contributed by atoms with Crippen LogP contribution in [-0.4, -0.2) is 14.5 Å². The van der Waals surface area contributed by atoms with Gasteiger partial charge in [0.1, 0.15) is 16.5 Å². The molecule has 22 heavy (non-hydrogen) atoms. The van der Waals surface area contributed by atoms with E-state index in [9.17, 15) is 12.8 Å². The first-order valence-corrected chi connectivity index (χ1v) is 8.30. The second-order valence-electron chi connectivity index (χ2n) is 5.17. The van der Waals surface area contributed by atoms with E-state index in [1.165, 1.54) is 12.1 Å². The lowest BCUT2D eigenvalue weighted by molar-refractivity contribution is 0.485. The van der Waals surface area contributed by atoms with Crippen molar-refractivity contribution in [2.45, 2.75) is 31.3 Å². The highest BCUT2D eigenvalue weighted by Crippen LogP contribution is 2.19. The fourth-order valence-corrected chi connectivity index (χ4v) is 2.69. The molecule has 0 aromatic heterocycles. The molecule has 2 aromatic carbocycles. The van der Waals surface area contributed by atoms with Crippen LogP contribution in [0.4, 0.5) is 4.39 Å². The maximum atomic E-state index is 12.8. The normalized spacial score (nSPS) is 11.6.